The molecule has 1 fully saturated rings. The number of benzene rings is 2. The van der Waals surface area contributed by atoms with Crippen LogP contribution in [0.5, 0.6) is 0 Å². The first-order chi connectivity index (χ1) is 14.9. The number of hydrogen-bond donors (Lipinski definition) is 2. The Bertz CT molecular complexity index is 1100. The first-order valence-corrected chi connectivity index (χ1v) is 10.1. The van der Waals surface area contributed by atoms with Crippen LogP contribution < -0.4 is 10.6 Å². The molecule has 1 aliphatic carbocycles. The highest BCUT2D eigenvalue weighted by atomic mass is 16.5. The van der Waals surface area contributed by atoms with Gasteiger partial charge >= 0.3 is 12.0 Å². The van der Waals surface area contributed by atoms with Gasteiger partial charge in [0.2, 0.25) is 5.91 Å². The number of anilines is 1. The SMILES string of the molecule is COC(=O)c1ccc(C)c(NC(=O)CN2C(=O)N[C@@]3(CCCc4ccccc43)C2=O)c1. The molecule has 0 radical (unpaired) electrons. The second-order valence-electron chi connectivity index (χ2n) is 7.81. The van der Waals surface area contributed by atoms with Gasteiger partial charge in [-0.2, -0.15) is 0 Å². The Morgan fingerprint density at radius 1 is 1.19 bits per heavy atom. The van der Waals surface area contributed by atoms with Crippen molar-refractivity contribution in [2.45, 2.75) is 31.7 Å². The molecule has 2 N–H and O–H groups in total. The van der Waals surface area contributed by atoms with Gasteiger partial charge in [-0.05, 0) is 55.0 Å². The fourth-order valence-electron chi connectivity index (χ4n) is 4.29. The normalized spacial score (nSPS) is 19.7. The minimum absolute atomic E-state index is 0.288. The second-order valence-corrected chi connectivity index (χ2v) is 7.81. The number of esters is 1. The molecule has 4 amide bonds. The summed E-state index contributed by atoms with van der Waals surface area (Å²) in [5, 5.41) is 5.52. The highest BCUT2D eigenvalue weighted by Gasteiger charge is 2.54. The number of methoxy groups -OCH3 is 1. The predicted molar refractivity (Wildman–Crippen MR) is 112 cm³/mol. The molecular weight excluding hydrogens is 398 g/mol. The zero-order valence-corrected chi connectivity index (χ0v) is 17.4. The zero-order chi connectivity index (χ0) is 22.2. The average Bonchev–Trinajstić information content (AvgIpc) is 2.99. The summed E-state index contributed by atoms with van der Waals surface area (Å²) in [4.78, 5) is 51.3. The van der Waals surface area contributed by atoms with Crippen LogP contribution in [0.15, 0.2) is 42.5 Å². The van der Waals surface area contributed by atoms with Crippen molar-refractivity contribution in [1.29, 1.82) is 0 Å². The smallest absolute Gasteiger partial charge is 0.337 e. The van der Waals surface area contributed by atoms with Crippen LogP contribution in [0, 0.1) is 6.92 Å². The van der Waals surface area contributed by atoms with Gasteiger partial charge in [-0.15, -0.1) is 0 Å². The van der Waals surface area contributed by atoms with E-state index in [1.54, 1.807) is 19.1 Å². The van der Waals surface area contributed by atoms with Gasteiger partial charge in [0.1, 0.15) is 12.1 Å². The number of nitrogens with zero attached hydrogens (tertiary/aromatic N) is 1. The molecule has 0 aromatic heterocycles. The van der Waals surface area contributed by atoms with E-state index in [1.807, 2.05) is 24.3 Å². The predicted octanol–water partition coefficient (Wildman–Crippen LogP) is 2.50. The Morgan fingerprint density at radius 2 is 1.97 bits per heavy atom. The van der Waals surface area contributed by atoms with Crippen molar-refractivity contribution in [2.75, 3.05) is 19.0 Å². The van der Waals surface area contributed by atoms with Crippen molar-refractivity contribution in [1.82, 2.24) is 10.2 Å². The molecule has 1 heterocycles. The molecule has 1 spiro atoms. The lowest BCUT2D eigenvalue weighted by Crippen LogP contribution is -2.47. The monoisotopic (exact) mass is 421 g/mol. The van der Waals surface area contributed by atoms with Crippen LogP contribution in [0.3, 0.4) is 0 Å². The lowest BCUT2D eigenvalue weighted by Gasteiger charge is -2.33. The quantitative estimate of drug-likeness (QED) is 0.583. The van der Waals surface area contributed by atoms with Crippen LogP contribution in [-0.4, -0.2) is 42.4 Å². The number of urea groups is 1. The van der Waals surface area contributed by atoms with Crippen LogP contribution in [0.25, 0.3) is 0 Å². The Hall–Kier alpha value is -3.68. The minimum Gasteiger partial charge on any atom is -0.465 e. The molecule has 1 atom stereocenters. The summed E-state index contributed by atoms with van der Waals surface area (Å²) in [6, 6.07) is 11.8. The van der Waals surface area contributed by atoms with E-state index in [0.717, 1.165) is 34.4 Å². The van der Waals surface area contributed by atoms with Gasteiger partial charge in [-0.3, -0.25) is 14.5 Å². The van der Waals surface area contributed by atoms with Crippen LogP contribution in [0.1, 0.15) is 39.9 Å². The van der Waals surface area contributed by atoms with E-state index >= 15 is 0 Å². The molecule has 0 unspecified atom stereocenters. The van der Waals surface area contributed by atoms with E-state index in [2.05, 4.69) is 10.6 Å². The lowest BCUT2D eigenvalue weighted by atomic mass is 9.76. The molecule has 8 nitrogen and oxygen atoms in total. The van der Waals surface area contributed by atoms with Crippen molar-refractivity contribution >= 4 is 29.5 Å². The maximum absolute atomic E-state index is 13.3. The minimum atomic E-state index is -1.12. The van der Waals surface area contributed by atoms with E-state index in [-0.39, 0.29) is 5.56 Å². The van der Waals surface area contributed by atoms with Crippen LogP contribution in [-0.2, 0) is 26.3 Å². The van der Waals surface area contributed by atoms with Gasteiger partial charge in [0.15, 0.2) is 0 Å². The number of rotatable bonds is 4. The van der Waals surface area contributed by atoms with E-state index in [0.29, 0.717) is 12.1 Å². The Morgan fingerprint density at radius 3 is 2.74 bits per heavy atom. The standard InChI is InChI=1S/C23H23N3O5/c1-14-9-10-16(20(28)31-2)12-18(14)24-19(27)13-26-21(29)23(25-22(26)30)11-5-7-15-6-3-4-8-17(15)23/h3-4,6,8-10,12H,5,7,11,13H2,1-2H3,(H,24,27)(H,25,30)/t23-/m1/s1. The van der Waals surface area contributed by atoms with Crippen molar-refractivity contribution in [3.05, 3.63) is 64.7 Å². The van der Waals surface area contributed by atoms with Crippen LogP contribution in [0.4, 0.5) is 10.5 Å². The average molecular weight is 421 g/mol. The molecule has 2 aliphatic rings. The molecule has 0 bridgehead atoms. The zero-order valence-electron chi connectivity index (χ0n) is 17.4. The number of carbonyl (C=O) groups excluding carboxylic acids is 4. The molecule has 4 rings (SSSR count). The molecule has 160 valence electrons. The fraction of sp³-hybridized carbons (Fsp3) is 0.304. The summed E-state index contributed by atoms with van der Waals surface area (Å²) >= 11 is 0. The highest BCUT2D eigenvalue weighted by Crippen LogP contribution is 2.39. The number of fused-ring (bicyclic) bond motifs is 2. The van der Waals surface area contributed by atoms with Gasteiger partial charge in [-0.1, -0.05) is 30.3 Å². The second kappa shape index (κ2) is 7.86. The fourth-order valence-corrected chi connectivity index (χ4v) is 4.29. The number of nitrogens with one attached hydrogen (secondary N) is 2. The van der Waals surface area contributed by atoms with Gasteiger partial charge < -0.3 is 15.4 Å². The van der Waals surface area contributed by atoms with Crippen molar-refractivity contribution in [2.24, 2.45) is 0 Å². The van der Waals surface area contributed by atoms with Crippen LogP contribution >= 0.6 is 0 Å². The Labute approximate surface area is 179 Å². The number of amides is 4. The maximum atomic E-state index is 13.3. The summed E-state index contributed by atoms with van der Waals surface area (Å²) in [5.74, 6) is -1.47. The third kappa shape index (κ3) is 3.54. The van der Waals surface area contributed by atoms with Crippen molar-refractivity contribution < 1.29 is 23.9 Å². The first kappa shape index (κ1) is 20.6. The largest absolute Gasteiger partial charge is 0.465 e. The van der Waals surface area contributed by atoms with Crippen molar-refractivity contribution in [3.63, 3.8) is 0 Å². The molecule has 2 aromatic carbocycles. The molecule has 1 aliphatic heterocycles. The third-order valence-electron chi connectivity index (χ3n) is 5.89. The van der Waals surface area contributed by atoms with Gasteiger partial charge in [0, 0.05) is 5.69 Å². The molecule has 8 heteroatoms. The summed E-state index contributed by atoms with van der Waals surface area (Å²) in [5.41, 5.74) is 2.14. The molecule has 1 saturated heterocycles. The van der Waals surface area contributed by atoms with E-state index in [9.17, 15) is 19.2 Å². The van der Waals surface area contributed by atoms with Gasteiger partial charge in [0.05, 0.1) is 12.7 Å². The number of imide groups is 1. The maximum Gasteiger partial charge on any atom is 0.337 e. The van der Waals surface area contributed by atoms with E-state index < -0.39 is 35.9 Å². The summed E-state index contributed by atoms with van der Waals surface area (Å²) in [7, 11) is 1.28. The summed E-state index contributed by atoms with van der Waals surface area (Å²) in [6.07, 6.45) is 2.10. The lowest BCUT2D eigenvalue weighted by molar-refractivity contribution is -0.134. The highest BCUT2D eigenvalue weighted by molar-refractivity contribution is 6.10. The molecule has 2 aromatic rings. The summed E-state index contributed by atoms with van der Waals surface area (Å²) in [6.45, 7) is 1.36. The number of hydrogen-bond acceptors (Lipinski definition) is 5. The van der Waals surface area contributed by atoms with Crippen LogP contribution in [0.2, 0.25) is 0 Å². The van der Waals surface area contributed by atoms with Crippen molar-refractivity contribution in [3.8, 4) is 0 Å². The van der Waals surface area contributed by atoms with E-state index in [4.69, 9.17) is 4.74 Å². The van der Waals surface area contributed by atoms with E-state index in [1.165, 1.54) is 13.2 Å². The van der Waals surface area contributed by atoms with Gasteiger partial charge in [0.25, 0.3) is 5.91 Å². The Balaban J connectivity index is 1.53. The first-order valence-electron chi connectivity index (χ1n) is 10.1. The molecule has 0 saturated carbocycles. The van der Waals surface area contributed by atoms with Gasteiger partial charge in [-0.25, -0.2) is 9.59 Å². The summed E-state index contributed by atoms with van der Waals surface area (Å²) < 4.78 is 4.71. The molecular formula is C23H23N3O5. The Kier molecular flexibility index (Phi) is 5.22. The number of aryl methyl sites for hydroxylation is 2. The topological polar surface area (TPSA) is 105 Å². The third-order valence-corrected chi connectivity index (χ3v) is 5.89. The molecule has 31 heavy (non-hydrogen) atoms. The number of ether oxygens (including phenoxy) is 1. The number of carbonyl (C=O) groups is 4.